The van der Waals surface area contributed by atoms with Gasteiger partial charge in [-0.2, -0.15) is 0 Å². The van der Waals surface area contributed by atoms with Gasteiger partial charge in [-0.15, -0.1) is 0 Å². The Labute approximate surface area is 102 Å². The van der Waals surface area contributed by atoms with Gasteiger partial charge >= 0.3 is 0 Å². The molecule has 0 atom stereocenters. The summed E-state index contributed by atoms with van der Waals surface area (Å²) in [5.41, 5.74) is 0.691. The van der Waals surface area contributed by atoms with Gasteiger partial charge in [0.25, 0.3) is 0 Å². The van der Waals surface area contributed by atoms with E-state index in [0.29, 0.717) is 30.4 Å². The molecule has 0 spiro atoms. The fraction of sp³-hybridized carbons (Fsp3) is 0.417. The molecule has 0 saturated carbocycles. The van der Waals surface area contributed by atoms with Crippen LogP contribution < -0.4 is 4.72 Å². The summed E-state index contributed by atoms with van der Waals surface area (Å²) in [6.45, 7) is 3.66. The molecule has 4 nitrogen and oxygen atoms in total. The molecule has 0 aliphatic carbocycles. The van der Waals surface area contributed by atoms with Gasteiger partial charge in [-0.05, 0) is 25.0 Å². The molecule has 5 heteroatoms. The minimum atomic E-state index is -3.42. The maximum Gasteiger partial charge on any atom is 0.235 e. The Morgan fingerprint density at radius 3 is 2.35 bits per heavy atom. The van der Waals surface area contributed by atoms with E-state index in [-0.39, 0.29) is 0 Å². The summed E-state index contributed by atoms with van der Waals surface area (Å²) in [7, 11) is -3.42. The first-order valence-electron chi connectivity index (χ1n) is 5.61. The Bertz CT molecular complexity index is 478. The zero-order valence-corrected chi connectivity index (χ0v) is 10.8. The zero-order chi connectivity index (χ0) is 12.9. The number of benzene rings is 1. The standard InChI is InChI=1S/C12H17NO3S/c1-3-11(4-2)17(15,16)13-12-8-6-5-7-10(12)9-14/h5-9,11,13H,3-4H2,1-2H3. The lowest BCUT2D eigenvalue weighted by molar-refractivity contribution is 0.112. The number of hydrogen-bond donors (Lipinski definition) is 1. The highest BCUT2D eigenvalue weighted by atomic mass is 32.2. The third-order valence-electron chi connectivity index (χ3n) is 2.69. The monoisotopic (exact) mass is 255 g/mol. The van der Waals surface area contributed by atoms with E-state index in [9.17, 15) is 13.2 Å². The van der Waals surface area contributed by atoms with Crippen molar-refractivity contribution in [3.8, 4) is 0 Å². The fourth-order valence-electron chi connectivity index (χ4n) is 1.66. The summed E-state index contributed by atoms with van der Waals surface area (Å²) >= 11 is 0. The van der Waals surface area contributed by atoms with Crippen molar-refractivity contribution in [3.63, 3.8) is 0 Å². The number of anilines is 1. The highest BCUT2D eigenvalue weighted by Crippen LogP contribution is 2.18. The summed E-state index contributed by atoms with van der Waals surface area (Å²) in [5, 5.41) is -0.429. The number of carbonyl (C=O) groups is 1. The van der Waals surface area contributed by atoms with Crippen LogP contribution in [0.1, 0.15) is 37.0 Å². The minimum Gasteiger partial charge on any atom is -0.298 e. The van der Waals surface area contributed by atoms with Crippen LogP contribution in [0.3, 0.4) is 0 Å². The third kappa shape index (κ3) is 3.30. The first-order valence-corrected chi connectivity index (χ1v) is 7.15. The van der Waals surface area contributed by atoms with Crippen molar-refractivity contribution in [2.45, 2.75) is 31.9 Å². The number of para-hydroxylation sites is 1. The van der Waals surface area contributed by atoms with Crippen molar-refractivity contribution in [2.24, 2.45) is 0 Å². The number of hydrogen-bond acceptors (Lipinski definition) is 3. The van der Waals surface area contributed by atoms with E-state index >= 15 is 0 Å². The maximum atomic E-state index is 12.0. The van der Waals surface area contributed by atoms with Crippen LogP contribution in [0.4, 0.5) is 5.69 Å². The lowest BCUT2D eigenvalue weighted by Crippen LogP contribution is -2.27. The van der Waals surface area contributed by atoms with E-state index in [0.717, 1.165) is 0 Å². The summed E-state index contributed by atoms with van der Waals surface area (Å²) in [6.07, 6.45) is 1.74. The van der Waals surface area contributed by atoms with Gasteiger partial charge in [0.15, 0.2) is 6.29 Å². The maximum absolute atomic E-state index is 12.0. The van der Waals surface area contributed by atoms with E-state index in [1.165, 1.54) is 0 Å². The van der Waals surface area contributed by atoms with Gasteiger partial charge in [-0.1, -0.05) is 26.0 Å². The molecule has 1 rings (SSSR count). The van der Waals surface area contributed by atoms with Gasteiger partial charge in [0.05, 0.1) is 10.9 Å². The molecule has 0 fully saturated rings. The third-order valence-corrected chi connectivity index (χ3v) is 4.74. The molecule has 0 heterocycles. The molecule has 0 aliphatic heterocycles. The predicted molar refractivity (Wildman–Crippen MR) is 68.7 cm³/mol. The lowest BCUT2D eigenvalue weighted by Gasteiger charge is -2.16. The van der Waals surface area contributed by atoms with Gasteiger partial charge in [0, 0.05) is 5.56 Å². The van der Waals surface area contributed by atoms with E-state index in [2.05, 4.69) is 4.72 Å². The van der Waals surface area contributed by atoms with Crippen LogP contribution in [0.5, 0.6) is 0 Å². The average Bonchev–Trinajstić information content (AvgIpc) is 2.30. The van der Waals surface area contributed by atoms with Crippen LogP contribution in [0.25, 0.3) is 0 Å². The molecule has 0 saturated heterocycles. The van der Waals surface area contributed by atoms with E-state index in [4.69, 9.17) is 0 Å². The molecule has 0 radical (unpaired) electrons. The number of nitrogens with one attached hydrogen (secondary N) is 1. The Kier molecular flexibility index (Phi) is 4.69. The molecule has 0 aliphatic rings. The molecule has 94 valence electrons. The van der Waals surface area contributed by atoms with Crippen molar-refractivity contribution < 1.29 is 13.2 Å². The highest BCUT2D eigenvalue weighted by Gasteiger charge is 2.22. The SMILES string of the molecule is CCC(CC)S(=O)(=O)Nc1ccccc1C=O. The molecule has 0 amide bonds. The fourth-order valence-corrected chi connectivity index (χ4v) is 3.19. The average molecular weight is 255 g/mol. The number of sulfonamides is 1. The second-order valence-corrected chi connectivity index (χ2v) is 5.75. The molecule has 1 N–H and O–H groups in total. The minimum absolute atomic E-state index is 0.342. The number of rotatable bonds is 6. The van der Waals surface area contributed by atoms with Crippen molar-refractivity contribution >= 4 is 22.0 Å². The molecule has 1 aromatic rings. The largest absolute Gasteiger partial charge is 0.298 e. The Balaban J connectivity index is 3.01. The summed E-state index contributed by atoms with van der Waals surface area (Å²) in [5.74, 6) is 0. The Hall–Kier alpha value is -1.36. The van der Waals surface area contributed by atoms with Crippen LogP contribution in [-0.4, -0.2) is 20.0 Å². The topological polar surface area (TPSA) is 63.2 Å². The van der Waals surface area contributed by atoms with Gasteiger partial charge < -0.3 is 0 Å². The van der Waals surface area contributed by atoms with Gasteiger partial charge in [0.2, 0.25) is 10.0 Å². The van der Waals surface area contributed by atoms with Crippen LogP contribution in [-0.2, 0) is 10.0 Å². The quantitative estimate of drug-likeness (QED) is 0.794. The molecule has 0 aromatic heterocycles. The van der Waals surface area contributed by atoms with Crippen LogP contribution in [0.15, 0.2) is 24.3 Å². The molecule has 1 aromatic carbocycles. The summed E-state index contributed by atoms with van der Waals surface area (Å²) < 4.78 is 26.5. The van der Waals surface area contributed by atoms with E-state index in [1.807, 2.05) is 13.8 Å². The Morgan fingerprint density at radius 2 is 1.82 bits per heavy atom. The normalized spacial score (nSPS) is 11.5. The lowest BCUT2D eigenvalue weighted by atomic mass is 10.2. The predicted octanol–water partition coefficient (Wildman–Crippen LogP) is 2.43. The molecule has 0 bridgehead atoms. The second-order valence-electron chi connectivity index (χ2n) is 3.79. The smallest absolute Gasteiger partial charge is 0.235 e. The highest BCUT2D eigenvalue weighted by molar-refractivity contribution is 7.93. The van der Waals surface area contributed by atoms with Crippen molar-refractivity contribution in [3.05, 3.63) is 29.8 Å². The molecule has 0 unspecified atom stereocenters. The second kappa shape index (κ2) is 5.82. The van der Waals surface area contributed by atoms with E-state index < -0.39 is 15.3 Å². The van der Waals surface area contributed by atoms with Gasteiger partial charge in [0.1, 0.15) is 0 Å². The summed E-state index contributed by atoms with van der Waals surface area (Å²) in [4.78, 5) is 10.8. The van der Waals surface area contributed by atoms with Gasteiger partial charge in [-0.25, -0.2) is 8.42 Å². The first-order chi connectivity index (χ1) is 8.05. The Morgan fingerprint density at radius 1 is 1.24 bits per heavy atom. The first kappa shape index (κ1) is 13.7. The molecule has 17 heavy (non-hydrogen) atoms. The molecular formula is C12H17NO3S. The van der Waals surface area contributed by atoms with Gasteiger partial charge in [-0.3, -0.25) is 9.52 Å². The number of aldehydes is 1. The van der Waals surface area contributed by atoms with Crippen molar-refractivity contribution in [2.75, 3.05) is 4.72 Å². The van der Waals surface area contributed by atoms with Crippen LogP contribution >= 0.6 is 0 Å². The molecular weight excluding hydrogens is 238 g/mol. The zero-order valence-electron chi connectivity index (χ0n) is 10.0. The summed E-state index contributed by atoms with van der Waals surface area (Å²) in [6, 6.07) is 6.55. The van der Waals surface area contributed by atoms with Crippen LogP contribution in [0, 0.1) is 0 Å². The van der Waals surface area contributed by atoms with Crippen molar-refractivity contribution in [1.29, 1.82) is 0 Å². The van der Waals surface area contributed by atoms with E-state index in [1.54, 1.807) is 24.3 Å². The van der Waals surface area contributed by atoms with Crippen molar-refractivity contribution in [1.82, 2.24) is 0 Å². The number of carbonyl (C=O) groups excluding carboxylic acids is 1. The van der Waals surface area contributed by atoms with Crippen LogP contribution in [0.2, 0.25) is 0 Å².